The minimum atomic E-state index is -0.312. The Morgan fingerprint density at radius 3 is 2.92 bits per heavy atom. The average molecular weight is 292 g/mol. The molecule has 0 amide bonds. The van der Waals surface area contributed by atoms with E-state index in [1.807, 2.05) is 35.1 Å². The normalized spacial score (nSPS) is 9.69. The Balaban J connectivity index is 2.73. The number of halogens is 1. The summed E-state index contributed by atoms with van der Waals surface area (Å²) in [6.07, 6.45) is 0. The van der Waals surface area contributed by atoms with Gasteiger partial charge in [0.15, 0.2) is 0 Å². The van der Waals surface area contributed by atoms with Crippen LogP contribution >= 0.6 is 23.0 Å². The van der Waals surface area contributed by atoms with Crippen LogP contribution in [0.25, 0.3) is 0 Å². The number of rotatable bonds is 3. The van der Waals surface area contributed by atoms with E-state index < -0.39 is 0 Å². The second-order valence-corrected chi connectivity index (χ2v) is 3.12. The standard InChI is InChI=1S/C9H9IO3/c1-7(11)13-9-4-2-3-8(5-9)6-12-10/h2-5H,6H2,1H3. The third kappa shape index (κ3) is 3.73. The first kappa shape index (κ1) is 10.5. The van der Waals surface area contributed by atoms with E-state index in [0.717, 1.165) is 5.56 Å². The highest BCUT2D eigenvalue weighted by Gasteiger charge is 1.99. The first-order valence-electron chi connectivity index (χ1n) is 3.73. The van der Waals surface area contributed by atoms with Gasteiger partial charge in [-0.3, -0.25) is 4.79 Å². The van der Waals surface area contributed by atoms with Gasteiger partial charge in [-0.15, -0.1) is 0 Å². The van der Waals surface area contributed by atoms with Crippen molar-refractivity contribution < 1.29 is 12.6 Å². The summed E-state index contributed by atoms with van der Waals surface area (Å²) in [5.41, 5.74) is 0.980. The molecule has 1 rings (SSSR count). The Hall–Kier alpha value is -0.620. The molecule has 0 bridgehead atoms. The molecule has 0 saturated carbocycles. The van der Waals surface area contributed by atoms with E-state index in [9.17, 15) is 4.79 Å². The van der Waals surface area contributed by atoms with Crippen molar-refractivity contribution >= 4 is 29.0 Å². The fraction of sp³-hybridized carbons (Fsp3) is 0.222. The molecule has 0 saturated heterocycles. The second-order valence-electron chi connectivity index (χ2n) is 2.49. The van der Waals surface area contributed by atoms with Gasteiger partial charge in [0.2, 0.25) is 0 Å². The van der Waals surface area contributed by atoms with Gasteiger partial charge in [-0.25, -0.2) is 0 Å². The molecule has 0 aliphatic heterocycles. The molecule has 0 heterocycles. The predicted octanol–water partition coefficient (Wildman–Crippen LogP) is 2.48. The summed E-state index contributed by atoms with van der Waals surface area (Å²) in [6.45, 7) is 1.89. The molecule has 3 nitrogen and oxygen atoms in total. The lowest BCUT2D eigenvalue weighted by atomic mass is 10.2. The molecule has 0 atom stereocenters. The number of carbonyl (C=O) groups excluding carboxylic acids is 1. The van der Waals surface area contributed by atoms with Crippen molar-refractivity contribution in [3.05, 3.63) is 29.8 Å². The number of carbonyl (C=O) groups is 1. The minimum absolute atomic E-state index is 0.312. The average Bonchev–Trinajstić information content (AvgIpc) is 2.04. The number of hydrogen-bond donors (Lipinski definition) is 0. The van der Waals surface area contributed by atoms with E-state index in [1.54, 1.807) is 12.1 Å². The largest absolute Gasteiger partial charge is 0.427 e. The third-order valence-corrected chi connectivity index (χ3v) is 1.69. The molecule has 0 aliphatic carbocycles. The molecule has 0 N–H and O–H groups in total. The molecule has 13 heavy (non-hydrogen) atoms. The summed E-state index contributed by atoms with van der Waals surface area (Å²) in [4.78, 5) is 10.6. The zero-order valence-electron chi connectivity index (χ0n) is 7.12. The number of ether oxygens (including phenoxy) is 1. The Kier molecular flexibility index (Phi) is 4.17. The molecule has 4 heteroatoms. The Bertz CT molecular complexity index is 299. The van der Waals surface area contributed by atoms with Crippen LogP contribution in [0.4, 0.5) is 0 Å². The maximum atomic E-state index is 10.6. The summed E-state index contributed by atoms with van der Waals surface area (Å²) in [5.74, 6) is 0.242. The Labute approximate surface area is 90.7 Å². The molecule has 0 radical (unpaired) electrons. The van der Waals surface area contributed by atoms with Gasteiger partial charge in [-0.05, 0) is 17.7 Å². The lowest BCUT2D eigenvalue weighted by Crippen LogP contribution is -2.01. The Morgan fingerprint density at radius 1 is 1.54 bits per heavy atom. The molecule has 0 unspecified atom stereocenters. The molecule has 0 aromatic heterocycles. The maximum absolute atomic E-state index is 10.6. The van der Waals surface area contributed by atoms with Gasteiger partial charge < -0.3 is 7.80 Å². The molecule has 0 fully saturated rings. The fourth-order valence-corrected chi connectivity index (χ4v) is 1.29. The summed E-state index contributed by atoms with van der Waals surface area (Å²) >= 11 is 1.82. The van der Waals surface area contributed by atoms with Crippen LogP contribution in [0.3, 0.4) is 0 Å². The van der Waals surface area contributed by atoms with Gasteiger partial charge in [0.25, 0.3) is 0 Å². The SMILES string of the molecule is CC(=O)Oc1cccc(COI)c1. The highest BCUT2D eigenvalue weighted by molar-refractivity contribution is 14.1. The Morgan fingerprint density at radius 2 is 2.31 bits per heavy atom. The van der Waals surface area contributed by atoms with Gasteiger partial charge in [-0.2, -0.15) is 0 Å². The van der Waals surface area contributed by atoms with Crippen LogP contribution in [0.15, 0.2) is 24.3 Å². The smallest absolute Gasteiger partial charge is 0.308 e. The molecule has 1 aromatic carbocycles. The lowest BCUT2D eigenvalue weighted by molar-refractivity contribution is -0.131. The summed E-state index contributed by atoms with van der Waals surface area (Å²) in [6, 6.07) is 7.24. The van der Waals surface area contributed by atoms with Crippen LogP contribution in [0.1, 0.15) is 12.5 Å². The van der Waals surface area contributed by atoms with Gasteiger partial charge in [0.05, 0.1) is 6.61 Å². The van der Waals surface area contributed by atoms with Crippen molar-refractivity contribution in [2.75, 3.05) is 0 Å². The fourth-order valence-electron chi connectivity index (χ4n) is 0.928. The van der Waals surface area contributed by atoms with E-state index in [1.165, 1.54) is 6.92 Å². The highest BCUT2D eigenvalue weighted by Crippen LogP contribution is 2.14. The van der Waals surface area contributed by atoms with Crippen LogP contribution in [-0.2, 0) is 14.5 Å². The van der Waals surface area contributed by atoms with E-state index in [2.05, 4.69) is 0 Å². The minimum Gasteiger partial charge on any atom is -0.427 e. The highest BCUT2D eigenvalue weighted by atomic mass is 127. The van der Waals surface area contributed by atoms with Crippen molar-refractivity contribution in [2.24, 2.45) is 0 Å². The molecule has 1 aromatic rings. The predicted molar refractivity (Wildman–Crippen MR) is 56.6 cm³/mol. The molecule has 0 aliphatic rings. The van der Waals surface area contributed by atoms with Crippen LogP contribution in [0, 0.1) is 0 Å². The topological polar surface area (TPSA) is 35.5 Å². The number of benzene rings is 1. The maximum Gasteiger partial charge on any atom is 0.308 e. The van der Waals surface area contributed by atoms with Crippen molar-refractivity contribution in [2.45, 2.75) is 13.5 Å². The molecule has 70 valence electrons. The van der Waals surface area contributed by atoms with Crippen molar-refractivity contribution in [3.63, 3.8) is 0 Å². The van der Waals surface area contributed by atoms with Gasteiger partial charge in [-0.1, -0.05) is 12.1 Å². The van der Waals surface area contributed by atoms with Gasteiger partial charge in [0.1, 0.15) is 28.8 Å². The van der Waals surface area contributed by atoms with Crippen LogP contribution in [-0.4, -0.2) is 5.97 Å². The van der Waals surface area contributed by atoms with E-state index >= 15 is 0 Å². The monoisotopic (exact) mass is 292 g/mol. The number of hydrogen-bond acceptors (Lipinski definition) is 3. The van der Waals surface area contributed by atoms with E-state index in [-0.39, 0.29) is 5.97 Å². The summed E-state index contributed by atoms with van der Waals surface area (Å²) in [5, 5.41) is 0. The molecule has 0 spiro atoms. The zero-order valence-corrected chi connectivity index (χ0v) is 9.28. The van der Waals surface area contributed by atoms with Crippen LogP contribution < -0.4 is 4.74 Å². The molecular weight excluding hydrogens is 283 g/mol. The van der Waals surface area contributed by atoms with Crippen molar-refractivity contribution in [1.82, 2.24) is 0 Å². The van der Waals surface area contributed by atoms with E-state index in [0.29, 0.717) is 12.4 Å². The summed E-state index contributed by atoms with van der Waals surface area (Å²) < 4.78 is 9.82. The quantitative estimate of drug-likeness (QED) is 0.488. The van der Waals surface area contributed by atoms with E-state index in [4.69, 9.17) is 7.80 Å². The second kappa shape index (κ2) is 5.18. The molecular formula is C9H9IO3. The third-order valence-electron chi connectivity index (χ3n) is 1.38. The zero-order chi connectivity index (χ0) is 9.68. The first-order valence-corrected chi connectivity index (χ1v) is 4.61. The van der Waals surface area contributed by atoms with Crippen molar-refractivity contribution in [3.8, 4) is 5.75 Å². The first-order chi connectivity index (χ1) is 6.22. The van der Waals surface area contributed by atoms with Crippen molar-refractivity contribution in [1.29, 1.82) is 0 Å². The van der Waals surface area contributed by atoms with Crippen LogP contribution in [0.5, 0.6) is 5.75 Å². The summed E-state index contributed by atoms with van der Waals surface area (Å²) in [7, 11) is 0. The van der Waals surface area contributed by atoms with Gasteiger partial charge >= 0.3 is 5.97 Å². The van der Waals surface area contributed by atoms with Gasteiger partial charge in [0, 0.05) is 6.92 Å². The van der Waals surface area contributed by atoms with Crippen LogP contribution in [0.2, 0.25) is 0 Å². The number of esters is 1. The lowest BCUT2D eigenvalue weighted by Gasteiger charge is -2.02.